The van der Waals surface area contributed by atoms with Gasteiger partial charge < -0.3 is 23.7 Å². The monoisotopic (exact) mass is 284 g/mol. The average Bonchev–Trinajstić information content (AvgIpc) is 2.88. The molecule has 4 atom stereocenters. The number of hydrogen-bond acceptors (Lipinski definition) is 6. The van der Waals surface area contributed by atoms with Crippen LogP contribution in [0.1, 0.15) is 27.7 Å². The van der Waals surface area contributed by atoms with Crippen molar-refractivity contribution in [3.8, 4) is 0 Å². The van der Waals surface area contributed by atoms with Crippen LogP contribution < -0.4 is 0 Å². The van der Waals surface area contributed by atoms with Gasteiger partial charge in [-0.15, -0.1) is 0 Å². The molecule has 0 aromatic carbocycles. The number of carbonyl (C=O) groups excluding carboxylic acids is 1. The van der Waals surface area contributed by atoms with Crippen molar-refractivity contribution < 1.29 is 28.5 Å². The Labute approximate surface area is 118 Å². The summed E-state index contributed by atoms with van der Waals surface area (Å²) in [5, 5.41) is 0. The average molecular weight is 284 g/mol. The van der Waals surface area contributed by atoms with Crippen LogP contribution in [0.5, 0.6) is 0 Å². The van der Waals surface area contributed by atoms with Crippen molar-refractivity contribution in [2.45, 2.75) is 63.7 Å². The summed E-state index contributed by atoms with van der Waals surface area (Å²) in [6.45, 7) is 7.38. The van der Waals surface area contributed by atoms with E-state index in [0.29, 0.717) is 0 Å². The summed E-state index contributed by atoms with van der Waals surface area (Å²) in [5.74, 6) is -1.84. The van der Waals surface area contributed by atoms with E-state index in [1.54, 1.807) is 0 Å². The van der Waals surface area contributed by atoms with Gasteiger partial charge in [-0.1, -0.05) is 0 Å². The molecule has 0 aromatic rings. The molecule has 1 saturated carbocycles. The SMILES string of the molecule is COC(=O)C=C1[C@H]2OC(C)(C)O[C@H]2[C@H]2OC(C)(C)O[C@@H]12. The van der Waals surface area contributed by atoms with Gasteiger partial charge in [-0.3, -0.25) is 0 Å². The number of carbonyl (C=O) groups is 1. The lowest BCUT2D eigenvalue weighted by Gasteiger charge is -2.21. The van der Waals surface area contributed by atoms with Gasteiger partial charge in [0.25, 0.3) is 0 Å². The molecule has 0 unspecified atom stereocenters. The highest BCUT2D eigenvalue weighted by Crippen LogP contribution is 2.49. The van der Waals surface area contributed by atoms with Gasteiger partial charge >= 0.3 is 5.97 Å². The zero-order valence-corrected chi connectivity index (χ0v) is 12.3. The van der Waals surface area contributed by atoms with Crippen molar-refractivity contribution in [1.29, 1.82) is 0 Å². The second kappa shape index (κ2) is 4.27. The molecular formula is C14H20O6. The van der Waals surface area contributed by atoms with E-state index in [4.69, 9.17) is 23.7 Å². The summed E-state index contributed by atoms with van der Waals surface area (Å²) in [6, 6.07) is 0. The normalized spacial score (nSPS) is 42.5. The zero-order chi connectivity index (χ0) is 14.7. The van der Waals surface area contributed by atoms with Crippen molar-refractivity contribution in [3.05, 3.63) is 11.6 Å². The van der Waals surface area contributed by atoms with Crippen LogP contribution in [-0.2, 0) is 28.5 Å². The molecule has 3 aliphatic rings. The molecule has 0 spiro atoms. The number of esters is 1. The first-order valence-electron chi connectivity index (χ1n) is 6.73. The Morgan fingerprint density at radius 1 is 1.00 bits per heavy atom. The smallest absolute Gasteiger partial charge is 0.330 e. The summed E-state index contributed by atoms with van der Waals surface area (Å²) in [6.07, 6.45) is 0.212. The van der Waals surface area contributed by atoms with Gasteiger partial charge in [0, 0.05) is 6.08 Å². The maximum Gasteiger partial charge on any atom is 0.330 e. The molecular weight excluding hydrogens is 264 g/mol. The number of methoxy groups -OCH3 is 1. The van der Waals surface area contributed by atoms with E-state index >= 15 is 0 Å². The predicted octanol–water partition coefficient (Wildman–Crippen LogP) is 1.14. The summed E-state index contributed by atoms with van der Waals surface area (Å²) < 4.78 is 28.3. The highest BCUT2D eigenvalue weighted by molar-refractivity contribution is 5.83. The van der Waals surface area contributed by atoms with Crippen molar-refractivity contribution in [3.63, 3.8) is 0 Å². The van der Waals surface area contributed by atoms with Crippen LogP contribution in [0.2, 0.25) is 0 Å². The molecule has 2 saturated heterocycles. The van der Waals surface area contributed by atoms with Crippen LogP contribution >= 0.6 is 0 Å². The van der Waals surface area contributed by atoms with E-state index in [-0.39, 0.29) is 24.4 Å². The zero-order valence-electron chi connectivity index (χ0n) is 12.3. The Kier molecular flexibility index (Phi) is 2.99. The van der Waals surface area contributed by atoms with Crippen LogP contribution in [0, 0.1) is 0 Å². The fourth-order valence-corrected chi connectivity index (χ4v) is 3.10. The summed E-state index contributed by atoms with van der Waals surface area (Å²) in [5.41, 5.74) is 0.725. The molecule has 0 amide bonds. The van der Waals surface area contributed by atoms with Crippen LogP contribution in [0.3, 0.4) is 0 Å². The molecule has 1 aliphatic carbocycles. The minimum atomic E-state index is -0.703. The highest BCUT2D eigenvalue weighted by Gasteiger charge is 2.62. The molecule has 2 heterocycles. The molecule has 2 aliphatic heterocycles. The minimum Gasteiger partial charge on any atom is -0.466 e. The summed E-state index contributed by atoms with van der Waals surface area (Å²) in [4.78, 5) is 11.6. The molecule has 20 heavy (non-hydrogen) atoms. The van der Waals surface area contributed by atoms with E-state index in [9.17, 15) is 4.79 Å². The first-order valence-corrected chi connectivity index (χ1v) is 6.73. The van der Waals surface area contributed by atoms with Gasteiger partial charge in [0.05, 0.1) is 7.11 Å². The van der Waals surface area contributed by atoms with Crippen LogP contribution in [0.4, 0.5) is 0 Å². The summed E-state index contributed by atoms with van der Waals surface area (Å²) >= 11 is 0. The third kappa shape index (κ3) is 2.16. The third-order valence-corrected chi connectivity index (χ3v) is 3.72. The Balaban J connectivity index is 1.95. The third-order valence-electron chi connectivity index (χ3n) is 3.72. The van der Waals surface area contributed by atoms with Crippen molar-refractivity contribution in [1.82, 2.24) is 0 Å². The lowest BCUT2D eigenvalue weighted by Crippen LogP contribution is -2.34. The second-order valence-electron chi connectivity index (χ2n) is 6.21. The quantitative estimate of drug-likeness (QED) is 0.531. The van der Waals surface area contributed by atoms with E-state index < -0.39 is 17.5 Å². The van der Waals surface area contributed by atoms with Gasteiger partial charge in [-0.25, -0.2) is 4.79 Å². The van der Waals surface area contributed by atoms with Crippen molar-refractivity contribution in [2.75, 3.05) is 7.11 Å². The van der Waals surface area contributed by atoms with E-state index in [1.807, 2.05) is 27.7 Å². The molecule has 0 aromatic heterocycles. The number of fused-ring (bicyclic) bond motifs is 3. The highest BCUT2D eigenvalue weighted by atomic mass is 16.8. The van der Waals surface area contributed by atoms with Gasteiger partial charge in [-0.05, 0) is 33.3 Å². The summed E-state index contributed by atoms with van der Waals surface area (Å²) in [7, 11) is 1.34. The van der Waals surface area contributed by atoms with Gasteiger partial charge in [0.15, 0.2) is 11.6 Å². The number of ether oxygens (including phenoxy) is 5. The molecule has 0 N–H and O–H groups in total. The first kappa shape index (κ1) is 14.0. The molecule has 112 valence electrons. The minimum absolute atomic E-state index is 0.271. The molecule has 6 heteroatoms. The number of rotatable bonds is 1. The Morgan fingerprint density at radius 2 is 1.45 bits per heavy atom. The van der Waals surface area contributed by atoms with Crippen LogP contribution in [-0.4, -0.2) is 49.1 Å². The van der Waals surface area contributed by atoms with Gasteiger partial charge in [-0.2, -0.15) is 0 Å². The van der Waals surface area contributed by atoms with Crippen molar-refractivity contribution in [2.24, 2.45) is 0 Å². The maximum absolute atomic E-state index is 11.6. The van der Waals surface area contributed by atoms with Gasteiger partial charge in [0.2, 0.25) is 0 Å². The number of hydrogen-bond donors (Lipinski definition) is 0. The molecule has 0 radical (unpaired) electrons. The maximum atomic E-state index is 11.6. The first-order chi connectivity index (χ1) is 9.22. The Hall–Kier alpha value is -0.950. The fourth-order valence-electron chi connectivity index (χ4n) is 3.10. The fraction of sp³-hybridized carbons (Fsp3) is 0.786. The van der Waals surface area contributed by atoms with Gasteiger partial charge in [0.1, 0.15) is 24.4 Å². The molecule has 3 fully saturated rings. The van der Waals surface area contributed by atoms with E-state index in [0.717, 1.165) is 5.57 Å². The lowest BCUT2D eigenvalue weighted by atomic mass is 10.1. The lowest BCUT2D eigenvalue weighted by molar-refractivity contribution is -0.174. The molecule has 0 bridgehead atoms. The Morgan fingerprint density at radius 3 is 1.85 bits per heavy atom. The largest absolute Gasteiger partial charge is 0.466 e. The molecule has 6 nitrogen and oxygen atoms in total. The topological polar surface area (TPSA) is 63.2 Å². The van der Waals surface area contributed by atoms with E-state index in [1.165, 1.54) is 13.2 Å². The molecule has 3 rings (SSSR count). The standard InChI is InChI=1S/C14H20O6/c1-13(2)17-9-7(6-8(15)16-5)10-12(11(9)19-13)20-14(3,4)18-10/h6,9-12H,1-5H3/t9-,10+,11-,12+. The van der Waals surface area contributed by atoms with E-state index in [2.05, 4.69) is 0 Å². The van der Waals surface area contributed by atoms with Crippen LogP contribution in [0.15, 0.2) is 11.6 Å². The Bertz CT molecular complexity index is 434. The van der Waals surface area contributed by atoms with Crippen LogP contribution in [0.25, 0.3) is 0 Å². The second-order valence-corrected chi connectivity index (χ2v) is 6.21. The predicted molar refractivity (Wildman–Crippen MR) is 67.7 cm³/mol. The van der Waals surface area contributed by atoms with Crippen molar-refractivity contribution >= 4 is 5.97 Å².